The lowest BCUT2D eigenvalue weighted by molar-refractivity contribution is -0.137. The van der Waals surface area contributed by atoms with Gasteiger partial charge in [-0.3, -0.25) is 9.89 Å². The molecule has 0 atom stereocenters. The van der Waals surface area contributed by atoms with Crippen molar-refractivity contribution in [3.8, 4) is 11.4 Å². The van der Waals surface area contributed by atoms with Crippen LogP contribution in [0.4, 0.5) is 18.9 Å². The van der Waals surface area contributed by atoms with E-state index in [1.807, 2.05) is 30.3 Å². The summed E-state index contributed by atoms with van der Waals surface area (Å²) in [6, 6.07) is 15.4. The normalized spacial score (nSPS) is 11.7. The van der Waals surface area contributed by atoms with Gasteiger partial charge >= 0.3 is 6.18 Å². The second kappa shape index (κ2) is 6.84. The number of nitrogens with zero attached hydrogens (tertiary/aromatic N) is 3. The van der Waals surface area contributed by atoms with Crippen LogP contribution in [-0.4, -0.2) is 19.6 Å². The van der Waals surface area contributed by atoms with Gasteiger partial charge in [-0.2, -0.15) is 22.7 Å². The standard InChI is InChI=1S/C19H14F3N5O/c20-19(21,22)13-7-4-8-14(9-13)23-11-15-10-16(28)27-18(24-15)25-17(26-27)12-5-2-1-3-6-12/h1-10,23H,11H2,(H,24,25,26). The number of aromatic nitrogens is 4. The molecule has 2 N–H and O–H groups in total. The lowest BCUT2D eigenvalue weighted by Crippen LogP contribution is -2.17. The molecule has 0 spiro atoms. The summed E-state index contributed by atoms with van der Waals surface area (Å²) in [5, 5.41) is 5.75. The van der Waals surface area contributed by atoms with Gasteiger partial charge in [0.25, 0.3) is 11.3 Å². The lowest BCUT2D eigenvalue weighted by atomic mass is 10.2. The predicted molar refractivity (Wildman–Crippen MR) is 97.8 cm³/mol. The molecule has 0 radical (unpaired) electrons. The van der Waals surface area contributed by atoms with E-state index in [4.69, 9.17) is 0 Å². The van der Waals surface area contributed by atoms with Crippen LogP contribution < -0.4 is 10.9 Å². The Morgan fingerprint density at radius 3 is 2.54 bits per heavy atom. The molecular weight excluding hydrogens is 371 g/mol. The number of aromatic amines is 1. The number of rotatable bonds is 4. The Balaban J connectivity index is 1.59. The number of nitrogens with one attached hydrogen (secondary N) is 2. The molecule has 0 aliphatic carbocycles. The highest BCUT2D eigenvalue weighted by Gasteiger charge is 2.30. The summed E-state index contributed by atoms with van der Waals surface area (Å²) in [7, 11) is 0. The number of anilines is 1. The smallest absolute Gasteiger partial charge is 0.379 e. The van der Waals surface area contributed by atoms with Gasteiger partial charge in [-0.05, 0) is 18.2 Å². The summed E-state index contributed by atoms with van der Waals surface area (Å²) >= 11 is 0. The molecule has 9 heteroatoms. The van der Waals surface area contributed by atoms with Crippen molar-refractivity contribution in [3.05, 3.63) is 82.3 Å². The van der Waals surface area contributed by atoms with E-state index < -0.39 is 11.7 Å². The summed E-state index contributed by atoms with van der Waals surface area (Å²) in [5.41, 5.74) is 0.342. The Labute approximate surface area is 156 Å². The fourth-order valence-electron chi connectivity index (χ4n) is 2.74. The summed E-state index contributed by atoms with van der Waals surface area (Å²) in [5.74, 6) is 0.681. The second-order valence-corrected chi connectivity index (χ2v) is 6.09. The van der Waals surface area contributed by atoms with Gasteiger partial charge in [-0.25, -0.2) is 4.98 Å². The van der Waals surface area contributed by atoms with E-state index in [9.17, 15) is 18.0 Å². The molecule has 2 heterocycles. The van der Waals surface area contributed by atoms with Crippen molar-refractivity contribution in [2.75, 3.05) is 5.32 Å². The Morgan fingerprint density at radius 1 is 1.00 bits per heavy atom. The first-order valence-corrected chi connectivity index (χ1v) is 8.35. The fourth-order valence-corrected chi connectivity index (χ4v) is 2.74. The quantitative estimate of drug-likeness (QED) is 0.562. The molecule has 142 valence electrons. The molecule has 0 saturated carbocycles. The van der Waals surface area contributed by atoms with Gasteiger partial charge in [-0.1, -0.05) is 36.4 Å². The van der Waals surface area contributed by atoms with E-state index in [-0.39, 0.29) is 23.6 Å². The van der Waals surface area contributed by atoms with E-state index >= 15 is 0 Å². The first-order chi connectivity index (χ1) is 13.4. The average Bonchev–Trinajstić information content (AvgIpc) is 3.12. The molecule has 2 aromatic carbocycles. The molecule has 0 unspecified atom stereocenters. The maximum Gasteiger partial charge on any atom is 0.416 e. The van der Waals surface area contributed by atoms with E-state index in [0.717, 1.165) is 17.7 Å². The van der Waals surface area contributed by atoms with Gasteiger partial charge in [0.05, 0.1) is 17.8 Å². The van der Waals surface area contributed by atoms with Crippen molar-refractivity contribution in [3.63, 3.8) is 0 Å². The van der Waals surface area contributed by atoms with Crippen molar-refractivity contribution < 1.29 is 13.2 Å². The minimum atomic E-state index is -4.42. The minimum absolute atomic E-state index is 0.0839. The van der Waals surface area contributed by atoms with Crippen molar-refractivity contribution in [2.45, 2.75) is 12.7 Å². The average molecular weight is 385 g/mol. The van der Waals surface area contributed by atoms with Crippen molar-refractivity contribution >= 4 is 11.5 Å². The zero-order valence-electron chi connectivity index (χ0n) is 14.4. The van der Waals surface area contributed by atoms with Gasteiger partial charge < -0.3 is 5.32 Å². The molecule has 4 rings (SSSR count). The zero-order chi connectivity index (χ0) is 19.7. The molecule has 28 heavy (non-hydrogen) atoms. The molecular formula is C19H14F3N5O. The molecule has 6 nitrogen and oxygen atoms in total. The highest BCUT2D eigenvalue weighted by atomic mass is 19.4. The highest BCUT2D eigenvalue weighted by Crippen LogP contribution is 2.30. The van der Waals surface area contributed by atoms with Crippen LogP contribution in [0.2, 0.25) is 0 Å². The number of hydrogen-bond acceptors (Lipinski definition) is 4. The number of halogens is 3. The third kappa shape index (κ3) is 3.59. The molecule has 0 aliphatic rings. The number of fused-ring (bicyclic) bond motifs is 1. The third-order valence-electron chi connectivity index (χ3n) is 4.09. The van der Waals surface area contributed by atoms with Gasteiger partial charge in [0.15, 0.2) is 5.82 Å². The number of alkyl halides is 3. The number of H-pyrrole nitrogens is 1. The Kier molecular flexibility index (Phi) is 4.34. The molecule has 0 amide bonds. The van der Waals surface area contributed by atoms with E-state index in [2.05, 4.69) is 20.4 Å². The van der Waals surface area contributed by atoms with Crippen molar-refractivity contribution in [1.29, 1.82) is 0 Å². The Bertz CT molecular complexity index is 1180. The molecule has 0 aliphatic heterocycles. The number of hydrogen-bond donors (Lipinski definition) is 2. The summed E-state index contributed by atoms with van der Waals surface area (Å²) < 4.78 is 39.6. The van der Waals surface area contributed by atoms with E-state index in [1.165, 1.54) is 22.7 Å². The van der Waals surface area contributed by atoms with E-state index in [0.29, 0.717) is 11.5 Å². The molecule has 4 aromatic rings. The maximum absolute atomic E-state index is 12.8. The van der Waals surface area contributed by atoms with Crippen LogP contribution >= 0.6 is 0 Å². The van der Waals surface area contributed by atoms with Crippen LogP contribution in [0.1, 0.15) is 11.3 Å². The van der Waals surface area contributed by atoms with Crippen LogP contribution in [0, 0.1) is 0 Å². The zero-order valence-corrected chi connectivity index (χ0v) is 14.4. The topological polar surface area (TPSA) is 75.1 Å². The van der Waals surface area contributed by atoms with Crippen LogP contribution in [0.3, 0.4) is 0 Å². The predicted octanol–water partition coefficient (Wildman–Crippen LogP) is 3.72. The molecule has 0 saturated heterocycles. The first kappa shape index (κ1) is 17.8. The van der Waals surface area contributed by atoms with Gasteiger partial charge in [0.2, 0.25) is 0 Å². The van der Waals surface area contributed by atoms with Crippen molar-refractivity contribution in [1.82, 2.24) is 19.6 Å². The summed E-state index contributed by atoms with van der Waals surface area (Å²) in [6.07, 6.45) is -4.42. The fraction of sp³-hybridized carbons (Fsp3) is 0.105. The summed E-state index contributed by atoms with van der Waals surface area (Å²) in [4.78, 5) is 20.9. The van der Waals surface area contributed by atoms with Crippen LogP contribution in [-0.2, 0) is 12.7 Å². The Hall–Kier alpha value is -3.62. The van der Waals surface area contributed by atoms with Crippen LogP contribution in [0.5, 0.6) is 0 Å². The summed E-state index contributed by atoms with van der Waals surface area (Å²) in [6.45, 7) is 0.0839. The minimum Gasteiger partial charge on any atom is -0.379 e. The molecule has 0 bridgehead atoms. The van der Waals surface area contributed by atoms with Gasteiger partial charge in [0.1, 0.15) is 0 Å². The maximum atomic E-state index is 12.8. The van der Waals surface area contributed by atoms with Gasteiger partial charge in [-0.15, -0.1) is 0 Å². The SMILES string of the molecule is O=c1cc(CNc2cccc(C(F)(F)F)c2)nc2nc(-c3ccccc3)[nH]n12. The van der Waals surface area contributed by atoms with E-state index in [1.54, 1.807) is 0 Å². The Morgan fingerprint density at radius 2 is 1.79 bits per heavy atom. The molecule has 2 aromatic heterocycles. The number of benzene rings is 2. The van der Waals surface area contributed by atoms with Gasteiger partial charge in [0, 0.05) is 17.3 Å². The third-order valence-corrected chi connectivity index (χ3v) is 4.09. The highest BCUT2D eigenvalue weighted by molar-refractivity contribution is 5.56. The first-order valence-electron chi connectivity index (χ1n) is 8.35. The monoisotopic (exact) mass is 385 g/mol. The largest absolute Gasteiger partial charge is 0.416 e. The lowest BCUT2D eigenvalue weighted by Gasteiger charge is -2.10. The van der Waals surface area contributed by atoms with Crippen LogP contribution in [0.15, 0.2) is 65.5 Å². The molecule has 0 fully saturated rings. The second-order valence-electron chi connectivity index (χ2n) is 6.09. The van der Waals surface area contributed by atoms with Crippen molar-refractivity contribution in [2.24, 2.45) is 0 Å². The van der Waals surface area contributed by atoms with Crippen LogP contribution in [0.25, 0.3) is 17.2 Å².